The highest BCUT2D eigenvalue weighted by Crippen LogP contribution is 2.46. The molecule has 0 radical (unpaired) electrons. The van der Waals surface area contributed by atoms with Gasteiger partial charge in [0.15, 0.2) is 5.65 Å². The van der Waals surface area contributed by atoms with Gasteiger partial charge in [0, 0.05) is 5.92 Å². The van der Waals surface area contributed by atoms with Gasteiger partial charge in [-0.15, -0.1) is 0 Å². The van der Waals surface area contributed by atoms with Crippen molar-refractivity contribution in [3.05, 3.63) is 66.4 Å². The maximum absolute atomic E-state index is 4.69. The minimum Gasteiger partial charge on any atom is -0.311 e. The van der Waals surface area contributed by atoms with Gasteiger partial charge in [0.05, 0.1) is 18.6 Å². The van der Waals surface area contributed by atoms with Crippen molar-refractivity contribution in [2.75, 3.05) is 0 Å². The van der Waals surface area contributed by atoms with E-state index in [1.165, 1.54) is 24.8 Å². The number of hydrogen-bond donors (Lipinski definition) is 0. The van der Waals surface area contributed by atoms with E-state index >= 15 is 0 Å². The van der Waals surface area contributed by atoms with E-state index in [0.29, 0.717) is 11.8 Å². The zero-order valence-electron chi connectivity index (χ0n) is 13.5. The molecule has 0 spiro atoms. The van der Waals surface area contributed by atoms with E-state index in [1.807, 2.05) is 12.4 Å². The quantitative estimate of drug-likeness (QED) is 0.687. The topological polar surface area (TPSA) is 43.6 Å². The van der Waals surface area contributed by atoms with Gasteiger partial charge < -0.3 is 4.57 Å². The molecule has 1 saturated carbocycles. The van der Waals surface area contributed by atoms with Crippen LogP contribution in [0, 0.1) is 11.8 Å². The smallest absolute Gasteiger partial charge is 0.163 e. The van der Waals surface area contributed by atoms with Crippen molar-refractivity contribution in [2.45, 2.75) is 31.7 Å². The van der Waals surface area contributed by atoms with Crippen molar-refractivity contribution in [1.29, 1.82) is 0 Å². The van der Waals surface area contributed by atoms with Crippen molar-refractivity contribution >= 4 is 11.2 Å². The monoisotopic (exact) mass is 316 g/mol. The second-order valence-corrected chi connectivity index (χ2v) is 7.02. The summed E-state index contributed by atoms with van der Waals surface area (Å²) in [7, 11) is 0. The molecule has 4 nitrogen and oxygen atoms in total. The van der Waals surface area contributed by atoms with Crippen LogP contribution in [0.2, 0.25) is 0 Å². The predicted molar refractivity (Wildman–Crippen MR) is 93.6 cm³/mol. The first-order valence-corrected chi connectivity index (χ1v) is 8.76. The Labute approximate surface area is 141 Å². The third-order valence-corrected chi connectivity index (χ3v) is 5.55. The average Bonchev–Trinajstić information content (AvgIpc) is 3.06. The average molecular weight is 316 g/mol. The largest absolute Gasteiger partial charge is 0.311 e. The van der Waals surface area contributed by atoms with E-state index in [2.05, 4.69) is 55.9 Å². The van der Waals surface area contributed by atoms with Crippen LogP contribution in [0.15, 0.2) is 55.1 Å². The summed E-state index contributed by atoms with van der Waals surface area (Å²) in [5.74, 6) is 1.84. The van der Waals surface area contributed by atoms with Gasteiger partial charge in [0.1, 0.15) is 11.8 Å². The van der Waals surface area contributed by atoms with Crippen LogP contribution in [0.3, 0.4) is 0 Å². The first-order valence-electron chi connectivity index (χ1n) is 8.76. The highest BCUT2D eigenvalue weighted by atomic mass is 15.1. The van der Waals surface area contributed by atoms with E-state index in [0.717, 1.165) is 29.3 Å². The van der Waals surface area contributed by atoms with Crippen LogP contribution in [-0.2, 0) is 6.54 Å². The lowest BCUT2D eigenvalue weighted by Crippen LogP contribution is -2.26. The van der Waals surface area contributed by atoms with E-state index in [9.17, 15) is 0 Å². The van der Waals surface area contributed by atoms with E-state index in [-0.39, 0.29) is 0 Å². The molecule has 0 N–H and O–H groups in total. The summed E-state index contributed by atoms with van der Waals surface area (Å²) < 4.78 is 2.13. The van der Waals surface area contributed by atoms with Gasteiger partial charge in [-0.25, -0.2) is 15.0 Å². The highest BCUT2D eigenvalue weighted by Gasteiger charge is 2.35. The number of imidazole rings is 1. The molecule has 6 rings (SSSR count). The molecular weight excluding hydrogens is 296 g/mol. The van der Waals surface area contributed by atoms with E-state index in [1.54, 1.807) is 6.33 Å². The Morgan fingerprint density at radius 1 is 1.00 bits per heavy atom. The van der Waals surface area contributed by atoms with Gasteiger partial charge in [-0.3, -0.25) is 0 Å². The van der Waals surface area contributed by atoms with Crippen LogP contribution < -0.4 is 0 Å². The Balaban J connectivity index is 1.54. The molecule has 2 heterocycles. The van der Waals surface area contributed by atoms with Crippen LogP contribution in [0.1, 0.15) is 36.4 Å². The number of benzene rings is 1. The van der Waals surface area contributed by atoms with Gasteiger partial charge in [0.2, 0.25) is 0 Å². The molecule has 3 aromatic rings. The summed E-state index contributed by atoms with van der Waals surface area (Å²) in [5.41, 5.74) is 4.34. The molecule has 120 valence electrons. The summed E-state index contributed by atoms with van der Waals surface area (Å²) in [5, 5.41) is 0. The minimum absolute atomic E-state index is 0.499. The third kappa shape index (κ3) is 2.25. The number of fused-ring (bicyclic) bond motifs is 3. The molecule has 3 aliphatic rings. The summed E-state index contributed by atoms with van der Waals surface area (Å²) in [6.07, 6.45) is 12.2. The molecule has 0 unspecified atom stereocenters. The van der Waals surface area contributed by atoms with Gasteiger partial charge in [-0.05, 0) is 36.7 Å². The SMILES string of the molecule is C1=C[C@@H]2CC[C@H]1C[C@@H]2c1ncnc2c1ncn2Cc1ccccc1. The molecule has 0 amide bonds. The lowest BCUT2D eigenvalue weighted by Gasteiger charge is -2.37. The first-order chi connectivity index (χ1) is 11.9. The summed E-state index contributed by atoms with van der Waals surface area (Å²) in [6.45, 7) is 0.796. The van der Waals surface area contributed by atoms with Crippen molar-refractivity contribution in [3.63, 3.8) is 0 Å². The zero-order chi connectivity index (χ0) is 15.9. The normalized spacial score (nSPS) is 25.4. The third-order valence-electron chi connectivity index (χ3n) is 5.55. The summed E-state index contributed by atoms with van der Waals surface area (Å²) >= 11 is 0. The number of rotatable bonds is 3. The standard InChI is InChI=1S/C20H20N4/c1-2-4-15(5-3-1)11-24-13-23-19-18(21-12-22-20(19)24)17-10-14-6-8-16(17)9-7-14/h1-6,8,12-14,16-17H,7,9-11H2/t14-,16+,17-/m0/s1. The van der Waals surface area contributed by atoms with Gasteiger partial charge in [-0.2, -0.15) is 0 Å². The molecule has 3 aliphatic carbocycles. The van der Waals surface area contributed by atoms with E-state index < -0.39 is 0 Å². The van der Waals surface area contributed by atoms with Gasteiger partial charge in [0.25, 0.3) is 0 Å². The van der Waals surface area contributed by atoms with Crippen LogP contribution in [0.4, 0.5) is 0 Å². The van der Waals surface area contributed by atoms with Crippen LogP contribution in [0.5, 0.6) is 0 Å². The number of aromatic nitrogens is 4. The molecule has 0 aliphatic heterocycles. The fourth-order valence-electron chi connectivity index (χ4n) is 4.31. The number of nitrogens with zero attached hydrogens (tertiary/aromatic N) is 4. The molecule has 4 heteroatoms. The molecule has 0 saturated heterocycles. The maximum Gasteiger partial charge on any atom is 0.163 e. The van der Waals surface area contributed by atoms with Crippen LogP contribution in [0.25, 0.3) is 11.2 Å². The van der Waals surface area contributed by atoms with Crippen molar-refractivity contribution < 1.29 is 0 Å². The lowest BCUT2D eigenvalue weighted by molar-refractivity contribution is 0.281. The second kappa shape index (κ2) is 5.55. The molecule has 1 aromatic carbocycles. The van der Waals surface area contributed by atoms with Crippen molar-refractivity contribution in [2.24, 2.45) is 11.8 Å². The van der Waals surface area contributed by atoms with Crippen LogP contribution >= 0.6 is 0 Å². The number of hydrogen-bond acceptors (Lipinski definition) is 3. The maximum atomic E-state index is 4.69. The molecule has 2 bridgehead atoms. The molecule has 1 fully saturated rings. The minimum atomic E-state index is 0.499. The zero-order valence-corrected chi connectivity index (χ0v) is 13.5. The number of allylic oxidation sites excluding steroid dienone is 2. The Kier molecular flexibility index (Phi) is 3.21. The fourth-order valence-corrected chi connectivity index (χ4v) is 4.31. The first kappa shape index (κ1) is 13.9. The fraction of sp³-hybridized carbons (Fsp3) is 0.350. The molecule has 3 atom stereocenters. The Bertz CT molecular complexity index is 896. The lowest BCUT2D eigenvalue weighted by atomic mass is 9.68. The second-order valence-electron chi connectivity index (χ2n) is 7.02. The van der Waals surface area contributed by atoms with Gasteiger partial charge in [-0.1, -0.05) is 42.5 Å². The molecular formula is C20H20N4. The predicted octanol–water partition coefficient (Wildman–Crippen LogP) is 3.94. The van der Waals surface area contributed by atoms with Crippen LogP contribution in [-0.4, -0.2) is 19.5 Å². The van der Waals surface area contributed by atoms with Gasteiger partial charge >= 0.3 is 0 Å². The summed E-state index contributed by atoms with van der Waals surface area (Å²) in [4.78, 5) is 13.9. The molecule has 24 heavy (non-hydrogen) atoms. The Morgan fingerprint density at radius 3 is 2.67 bits per heavy atom. The Hall–Kier alpha value is -2.49. The molecule has 2 aromatic heterocycles. The van der Waals surface area contributed by atoms with Crippen molar-refractivity contribution in [3.8, 4) is 0 Å². The van der Waals surface area contributed by atoms with E-state index in [4.69, 9.17) is 0 Å². The highest BCUT2D eigenvalue weighted by molar-refractivity contribution is 5.74. The van der Waals surface area contributed by atoms with Crippen molar-refractivity contribution in [1.82, 2.24) is 19.5 Å². The Morgan fingerprint density at radius 2 is 1.92 bits per heavy atom. The summed E-state index contributed by atoms with van der Waals surface area (Å²) in [6, 6.07) is 10.5.